The fraction of sp³-hybridized carbons (Fsp3) is 0.800. The summed E-state index contributed by atoms with van der Waals surface area (Å²) < 4.78 is 25.7. The molecule has 0 N–H and O–H groups in total. The summed E-state index contributed by atoms with van der Waals surface area (Å²) in [6, 6.07) is 0. The largest absolute Gasteiger partial charge is 0.511 e. The highest BCUT2D eigenvalue weighted by Gasteiger charge is 2.62. The molecule has 17 heavy (non-hydrogen) atoms. The summed E-state index contributed by atoms with van der Waals surface area (Å²) in [7, 11) is 0. The fourth-order valence-electron chi connectivity index (χ4n) is 2.22. The van der Waals surface area contributed by atoms with Crippen molar-refractivity contribution in [2.75, 3.05) is 13.2 Å². The summed E-state index contributed by atoms with van der Waals surface area (Å²) in [5.41, 5.74) is 0. The molecule has 0 aromatic heterocycles. The van der Waals surface area contributed by atoms with E-state index >= 15 is 0 Å². The number of carbonyl (C=O) groups is 2. The molecule has 3 heterocycles. The third kappa shape index (κ3) is 1.54. The Labute approximate surface area is 96.9 Å². The van der Waals surface area contributed by atoms with Gasteiger partial charge in [0.2, 0.25) is 5.78 Å². The second kappa shape index (κ2) is 3.18. The number of cyclic esters (lactones) is 1. The molecule has 3 rings (SSSR count). The molecule has 7 nitrogen and oxygen atoms in total. The van der Waals surface area contributed by atoms with Gasteiger partial charge in [-0.1, -0.05) is 0 Å². The zero-order valence-corrected chi connectivity index (χ0v) is 9.43. The summed E-state index contributed by atoms with van der Waals surface area (Å²) in [5, 5.41) is 0. The van der Waals surface area contributed by atoms with Crippen LogP contribution in [-0.4, -0.2) is 48.9 Å². The van der Waals surface area contributed by atoms with Gasteiger partial charge in [0.15, 0.2) is 18.5 Å². The Morgan fingerprint density at radius 1 is 1.24 bits per heavy atom. The Morgan fingerprint density at radius 2 is 2.00 bits per heavy atom. The van der Waals surface area contributed by atoms with Crippen molar-refractivity contribution < 1.29 is 33.3 Å². The van der Waals surface area contributed by atoms with Crippen molar-refractivity contribution in [3.8, 4) is 0 Å². The number of hydrogen-bond acceptors (Lipinski definition) is 7. The molecule has 0 aromatic rings. The third-order valence-corrected chi connectivity index (χ3v) is 2.93. The van der Waals surface area contributed by atoms with Crippen molar-refractivity contribution >= 4 is 11.9 Å². The number of fused-ring (bicyclic) bond motifs is 1. The van der Waals surface area contributed by atoms with E-state index in [0.717, 1.165) is 0 Å². The first-order valence-electron chi connectivity index (χ1n) is 5.32. The average Bonchev–Trinajstić information content (AvgIpc) is 2.75. The van der Waals surface area contributed by atoms with Gasteiger partial charge in [-0.05, 0) is 13.8 Å². The van der Waals surface area contributed by atoms with Crippen LogP contribution in [-0.2, 0) is 28.5 Å². The topological polar surface area (TPSA) is 80.3 Å². The lowest BCUT2D eigenvalue weighted by atomic mass is 9.99. The van der Waals surface area contributed by atoms with E-state index in [2.05, 4.69) is 4.74 Å². The van der Waals surface area contributed by atoms with Gasteiger partial charge in [-0.2, -0.15) is 0 Å². The molecule has 1 spiro atoms. The van der Waals surface area contributed by atoms with E-state index in [-0.39, 0.29) is 13.2 Å². The Morgan fingerprint density at radius 3 is 2.65 bits per heavy atom. The first-order valence-corrected chi connectivity index (χ1v) is 5.32. The Hall–Kier alpha value is -1.18. The summed E-state index contributed by atoms with van der Waals surface area (Å²) >= 11 is 0. The van der Waals surface area contributed by atoms with Crippen molar-refractivity contribution in [3.63, 3.8) is 0 Å². The van der Waals surface area contributed by atoms with Crippen LogP contribution in [0.15, 0.2) is 0 Å². The van der Waals surface area contributed by atoms with Gasteiger partial charge >= 0.3 is 11.9 Å². The number of rotatable bonds is 0. The molecule has 0 radical (unpaired) electrons. The third-order valence-electron chi connectivity index (χ3n) is 2.93. The maximum atomic E-state index is 12.2. The molecular formula is C10H12O7. The zero-order valence-electron chi connectivity index (χ0n) is 9.43. The molecule has 94 valence electrons. The van der Waals surface area contributed by atoms with Crippen LogP contribution >= 0.6 is 0 Å². The number of hydrogen-bond donors (Lipinski definition) is 0. The lowest BCUT2D eigenvalue weighted by Gasteiger charge is -2.32. The van der Waals surface area contributed by atoms with Crippen LogP contribution in [0.2, 0.25) is 0 Å². The van der Waals surface area contributed by atoms with Gasteiger partial charge in [-0.3, -0.25) is 4.79 Å². The smallest absolute Gasteiger partial charge is 0.427 e. The normalized spacial score (nSPS) is 43.4. The highest BCUT2D eigenvalue weighted by Crippen LogP contribution is 2.38. The number of Topliss-reactive ketones (excluding diaryl/α,β-unsaturated/α-hetero) is 1. The molecule has 0 aliphatic carbocycles. The van der Waals surface area contributed by atoms with E-state index in [1.807, 2.05) is 0 Å². The first-order chi connectivity index (χ1) is 7.92. The van der Waals surface area contributed by atoms with Crippen molar-refractivity contribution in [1.82, 2.24) is 0 Å². The van der Waals surface area contributed by atoms with Gasteiger partial charge < -0.3 is 23.7 Å². The minimum Gasteiger partial charge on any atom is -0.427 e. The molecule has 7 heteroatoms. The predicted molar refractivity (Wildman–Crippen MR) is 49.9 cm³/mol. The highest BCUT2D eigenvalue weighted by atomic mass is 16.9. The Balaban J connectivity index is 1.85. The summed E-state index contributed by atoms with van der Waals surface area (Å²) in [5.74, 6) is -2.96. The maximum absolute atomic E-state index is 12.2. The summed E-state index contributed by atoms with van der Waals surface area (Å²) in [6.07, 6.45) is -2.16. The Kier molecular flexibility index (Phi) is 2.05. The predicted octanol–water partition coefficient (Wildman–Crippen LogP) is -0.0311. The molecule has 3 fully saturated rings. The number of ketones is 1. The van der Waals surface area contributed by atoms with E-state index < -0.39 is 35.7 Å². The molecule has 0 saturated carbocycles. The zero-order chi connectivity index (χ0) is 12.3. The van der Waals surface area contributed by atoms with Crippen molar-refractivity contribution in [1.29, 1.82) is 0 Å². The summed E-state index contributed by atoms with van der Waals surface area (Å²) in [4.78, 5) is 23.1. The van der Waals surface area contributed by atoms with E-state index in [0.29, 0.717) is 0 Å². The van der Waals surface area contributed by atoms with Gasteiger partial charge in [0.05, 0.1) is 6.61 Å². The quantitative estimate of drug-likeness (QED) is 0.553. The van der Waals surface area contributed by atoms with E-state index in [1.165, 1.54) is 0 Å². The standard InChI is InChI=1S/C10H12O7/c1-9(2)15-5-3-14-10(4-13-8(12)17-10)7(11)6(5)16-9/h5-6H,3-4H2,1-2H3. The fourth-order valence-corrected chi connectivity index (χ4v) is 2.22. The molecule has 0 amide bonds. The number of carbonyl (C=O) groups excluding carboxylic acids is 2. The lowest BCUT2D eigenvalue weighted by Crippen LogP contribution is -2.58. The van der Waals surface area contributed by atoms with Crippen LogP contribution in [0.5, 0.6) is 0 Å². The SMILES string of the molecule is CC1(C)OC2COC3(COC(=O)O3)C(=O)C2O1. The van der Waals surface area contributed by atoms with Crippen LogP contribution in [0.1, 0.15) is 13.8 Å². The van der Waals surface area contributed by atoms with E-state index in [1.54, 1.807) is 13.8 Å². The van der Waals surface area contributed by atoms with Crippen LogP contribution in [0.3, 0.4) is 0 Å². The molecular weight excluding hydrogens is 232 g/mol. The highest BCUT2D eigenvalue weighted by molar-refractivity contribution is 5.94. The van der Waals surface area contributed by atoms with Crippen molar-refractivity contribution in [2.45, 2.75) is 37.6 Å². The molecule has 3 atom stereocenters. The van der Waals surface area contributed by atoms with Gasteiger partial charge in [-0.25, -0.2) is 4.79 Å². The van der Waals surface area contributed by atoms with Crippen molar-refractivity contribution in [3.05, 3.63) is 0 Å². The molecule has 3 saturated heterocycles. The molecule has 3 aliphatic heterocycles. The minimum absolute atomic E-state index is 0.122. The van der Waals surface area contributed by atoms with Crippen LogP contribution in [0.4, 0.5) is 4.79 Å². The minimum atomic E-state index is -1.65. The number of ether oxygens (including phenoxy) is 5. The first kappa shape index (κ1) is 10.9. The summed E-state index contributed by atoms with van der Waals surface area (Å²) in [6.45, 7) is 3.30. The second-order valence-electron chi connectivity index (χ2n) is 4.66. The van der Waals surface area contributed by atoms with Gasteiger partial charge in [0.1, 0.15) is 6.10 Å². The molecule has 0 aromatic carbocycles. The molecule has 3 aliphatic rings. The van der Waals surface area contributed by atoms with Gasteiger partial charge in [-0.15, -0.1) is 0 Å². The Bertz CT molecular complexity index is 390. The second-order valence-corrected chi connectivity index (χ2v) is 4.66. The van der Waals surface area contributed by atoms with Gasteiger partial charge in [0.25, 0.3) is 0 Å². The molecule has 3 unspecified atom stereocenters. The van der Waals surface area contributed by atoms with E-state index in [9.17, 15) is 9.59 Å². The van der Waals surface area contributed by atoms with E-state index in [4.69, 9.17) is 18.9 Å². The van der Waals surface area contributed by atoms with Crippen LogP contribution < -0.4 is 0 Å². The van der Waals surface area contributed by atoms with Crippen LogP contribution in [0.25, 0.3) is 0 Å². The monoisotopic (exact) mass is 244 g/mol. The molecule has 0 bridgehead atoms. The maximum Gasteiger partial charge on any atom is 0.511 e. The van der Waals surface area contributed by atoms with Crippen molar-refractivity contribution in [2.24, 2.45) is 0 Å². The lowest BCUT2D eigenvalue weighted by molar-refractivity contribution is -0.220. The van der Waals surface area contributed by atoms with Crippen LogP contribution in [0, 0.1) is 0 Å². The average molecular weight is 244 g/mol. The van der Waals surface area contributed by atoms with Gasteiger partial charge in [0, 0.05) is 0 Å².